The third-order valence-corrected chi connectivity index (χ3v) is 4.26. The fourth-order valence-corrected chi connectivity index (χ4v) is 3.09. The second-order valence-electron chi connectivity index (χ2n) is 6.38. The molecule has 1 aromatic carbocycles. The van der Waals surface area contributed by atoms with Crippen molar-refractivity contribution >= 4 is 5.91 Å². The molecule has 1 aliphatic rings. The van der Waals surface area contributed by atoms with E-state index in [1.807, 2.05) is 26.0 Å². The molecule has 1 aromatic heterocycles. The summed E-state index contributed by atoms with van der Waals surface area (Å²) in [5.74, 6) is 0.731. The number of aryl methyl sites for hydroxylation is 2. The highest BCUT2D eigenvalue weighted by Crippen LogP contribution is 2.36. The number of aromatic nitrogens is 3. The maximum Gasteiger partial charge on any atom is 0.225 e. The van der Waals surface area contributed by atoms with Crippen LogP contribution in [-0.2, 0) is 21.6 Å². The molecule has 0 bridgehead atoms. The first-order valence-corrected chi connectivity index (χ1v) is 7.85. The Balaban J connectivity index is 2.13. The van der Waals surface area contributed by atoms with Crippen molar-refractivity contribution in [3.8, 4) is 5.69 Å². The molecule has 1 amide bonds. The number of nitrogens with two attached hydrogens (primary N) is 1. The zero-order chi connectivity index (χ0) is 16.6. The summed E-state index contributed by atoms with van der Waals surface area (Å²) < 4.78 is 7.73. The second-order valence-corrected chi connectivity index (χ2v) is 6.38. The Kier molecular flexibility index (Phi) is 3.93. The summed E-state index contributed by atoms with van der Waals surface area (Å²) in [4.78, 5) is 15.8. The molecule has 23 heavy (non-hydrogen) atoms. The van der Waals surface area contributed by atoms with Crippen molar-refractivity contribution in [3.63, 3.8) is 0 Å². The molecule has 1 unspecified atom stereocenters. The van der Waals surface area contributed by atoms with E-state index in [1.165, 1.54) is 5.56 Å². The first-order chi connectivity index (χ1) is 10.9. The minimum Gasteiger partial charge on any atom is -0.369 e. The Morgan fingerprint density at radius 3 is 2.83 bits per heavy atom. The van der Waals surface area contributed by atoms with Crippen molar-refractivity contribution in [2.45, 2.75) is 45.6 Å². The predicted octanol–water partition coefficient (Wildman–Crippen LogP) is 1.94. The molecule has 3 rings (SSSR count). The molecule has 1 fully saturated rings. The second kappa shape index (κ2) is 5.77. The van der Waals surface area contributed by atoms with Crippen molar-refractivity contribution in [2.75, 3.05) is 6.61 Å². The van der Waals surface area contributed by atoms with Crippen LogP contribution in [0.4, 0.5) is 0 Å². The summed E-state index contributed by atoms with van der Waals surface area (Å²) in [6.07, 6.45) is 1.90. The zero-order valence-electron chi connectivity index (χ0n) is 13.8. The average molecular weight is 314 g/mol. The highest BCUT2D eigenvalue weighted by Gasteiger charge is 2.37. The number of carbonyl (C=O) groups is 1. The van der Waals surface area contributed by atoms with E-state index < -0.39 is 11.5 Å². The molecule has 0 radical (unpaired) electrons. The molecule has 6 nitrogen and oxygen atoms in total. The van der Waals surface area contributed by atoms with Gasteiger partial charge in [0.2, 0.25) is 5.91 Å². The molecule has 122 valence electrons. The van der Waals surface area contributed by atoms with Gasteiger partial charge in [0, 0.05) is 6.61 Å². The molecule has 0 saturated carbocycles. The number of hydrogen-bond acceptors (Lipinski definition) is 4. The van der Waals surface area contributed by atoms with Crippen LogP contribution < -0.4 is 5.73 Å². The number of hydrogen-bond donors (Lipinski definition) is 1. The summed E-state index contributed by atoms with van der Waals surface area (Å²) in [7, 11) is 0. The van der Waals surface area contributed by atoms with Crippen molar-refractivity contribution in [3.05, 3.63) is 41.0 Å². The normalized spacial score (nSPS) is 20.8. The van der Waals surface area contributed by atoms with Crippen molar-refractivity contribution in [2.24, 2.45) is 5.73 Å². The van der Waals surface area contributed by atoms with Crippen LogP contribution in [0.2, 0.25) is 0 Å². The molecular formula is C17H22N4O2. The summed E-state index contributed by atoms with van der Waals surface area (Å²) in [5, 5.41) is 4.53. The van der Waals surface area contributed by atoms with Crippen LogP contribution in [0.3, 0.4) is 0 Å². The molecule has 0 spiro atoms. The van der Waals surface area contributed by atoms with Gasteiger partial charge in [-0.05, 0) is 45.2 Å². The molecule has 2 N–H and O–H groups in total. The molecule has 1 saturated heterocycles. The van der Waals surface area contributed by atoms with Gasteiger partial charge in [-0.3, -0.25) is 4.79 Å². The van der Waals surface area contributed by atoms with Crippen LogP contribution in [0.1, 0.15) is 42.5 Å². The van der Waals surface area contributed by atoms with E-state index in [4.69, 9.17) is 10.5 Å². The maximum absolute atomic E-state index is 11.2. The van der Waals surface area contributed by atoms with E-state index in [0.717, 1.165) is 29.9 Å². The monoisotopic (exact) mass is 314 g/mol. The third kappa shape index (κ3) is 2.99. The van der Waals surface area contributed by atoms with Gasteiger partial charge in [-0.15, -0.1) is 0 Å². The van der Waals surface area contributed by atoms with Crippen LogP contribution >= 0.6 is 0 Å². The van der Waals surface area contributed by atoms with Gasteiger partial charge >= 0.3 is 0 Å². The Morgan fingerprint density at radius 1 is 1.43 bits per heavy atom. The molecule has 2 heterocycles. The van der Waals surface area contributed by atoms with Crippen molar-refractivity contribution < 1.29 is 9.53 Å². The Morgan fingerprint density at radius 2 is 2.22 bits per heavy atom. The van der Waals surface area contributed by atoms with Crippen LogP contribution in [0.15, 0.2) is 18.2 Å². The van der Waals surface area contributed by atoms with E-state index in [2.05, 4.69) is 23.1 Å². The molecule has 0 aliphatic carbocycles. The quantitative estimate of drug-likeness (QED) is 0.935. The Bertz CT molecular complexity index is 745. The molecular weight excluding hydrogens is 292 g/mol. The summed E-state index contributed by atoms with van der Waals surface area (Å²) >= 11 is 0. The highest BCUT2D eigenvalue weighted by molar-refractivity contribution is 5.75. The number of nitrogens with zero attached hydrogens (tertiary/aromatic N) is 3. The fourth-order valence-electron chi connectivity index (χ4n) is 3.09. The largest absolute Gasteiger partial charge is 0.369 e. The number of rotatable bonds is 4. The topological polar surface area (TPSA) is 83.0 Å². The van der Waals surface area contributed by atoms with Crippen molar-refractivity contribution in [1.82, 2.24) is 14.8 Å². The van der Waals surface area contributed by atoms with Gasteiger partial charge in [0.05, 0.1) is 12.1 Å². The third-order valence-electron chi connectivity index (χ3n) is 4.26. The van der Waals surface area contributed by atoms with E-state index in [0.29, 0.717) is 12.4 Å². The molecule has 2 aromatic rings. The fraction of sp³-hybridized carbons (Fsp3) is 0.471. The summed E-state index contributed by atoms with van der Waals surface area (Å²) in [5.41, 5.74) is 8.05. The number of amides is 1. The Labute approximate surface area is 135 Å². The Hall–Kier alpha value is -2.21. The summed E-state index contributed by atoms with van der Waals surface area (Å²) in [6, 6.07) is 6.17. The lowest BCUT2D eigenvalue weighted by molar-refractivity contribution is -0.117. The van der Waals surface area contributed by atoms with Gasteiger partial charge in [-0.25, -0.2) is 9.67 Å². The van der Waals surface area contributed by atoms with E-state index >= 15 is 0 Å². The smallest absolute Gasteiger partial charge is 0.225 e. The maximum atomic E-state index is 11.2. The lowest BCUT2D eigenvalue weighted by atomic mass is 10.0. The van der Waals surface area contributed by atoms with Gasteiger partial charge in [0.1, 0.15) is 5.60 Å². The zero-order valence-corrected chi connectivity index (χ0v) is 13.8. The van der Waals surface area contributed by atoms with E-state index in [9.17, 15) is 4.79 Å². The lowest BCUT2D eigenvalue weighted by Crippen LogP contribution is -2.25. The number of carbonyl (C=O) groups excluding carboxylic acids is 1. The number of benzene rings is 1. The van der Waals surface area contributed by atoms with Crippen LogP contribution in [0.5, 0.6) is 0 Å². The van der Waals surface area contributed by atoms with Gasteiger partial charge in [0.15, 0.2) is 11.6 Å². The van der Waals surface area contributed by atoms with E-state index in [-0.39, 0.29) is 6.42 Å². The number of ether oxygens (including phenoxy) is 1. The van der Waals surface area contributed by atoms with Crippen LogP contribution in [0, 0.1) is 13.8 Å². The molecule has 1 atom stereocenters. The highest BCUT2D eigenvalue weighted by atomic mass is 16.5. The first-order valence-electron chi connectivity index (χ1n) is 7.85. The first kappa shape index (κ1) is 15.7. The van der Waals surface area contributed by atoms with Gasteiger partial charge in [0.25, 0.3) is 0 Å². The number of primary amides is 1. The van der Waals surface area contributed by atoms with Crippen LogP contribution in [0.25, 0.3) is 5.69 Å². The van der Waals surface area contributed by atoms with Gasteiger partial charge < -0.3 is 10.5 Å². The standard InChI is InChI=1S/C17H22N4O2/c1-11-5-6-13(12(2)9-11)21-16(17(3)7-4-8-23-17)19-15(20-21)10-14(18)22/h5-6,9H,4,7-8,10H2,1-3H3,(H2,18,22). The van der Waals surface area contributed by atoms with E-state index in [1.54, 1.807) is 4.68 Å². The average Bonchev–Trinajstić information content (AvgIpc) is 3.06. The molecule has 1 aliphatic heterocycles. The predicted molar refractivity (Wildman–Crippen MR) is 86.3 cm³/mol. The van der Waals surface area contributed by atoms with Gasteiger partial charge in [-0.2, -0.15) is 5.10 Å². The minimum absolute atomic E-state index is 0.0288. The molecule has 6 heteroatoms. The van der Waals surface area contributed by atoms with Crippen LogP contribution in [-0.4, -0.2) is 27.3 Å². The lowest BCUT2D eigenvalue weighted by Gasteiger charge is -2.23. The summed E-state index contributed by atoms with van der Waals surface area (Å²) in [6.45, 7) is 6.83. The van der Waals surface area contributed by atoms with Crippen molar-refractivity contribution in [1.29, 1.82) is 0 Å². The minimum atomic E-state index is -0.486. The van der Waals surface area contributed by atoms with Gasteiger partial charge in [-0.1, -0.05) is 17.7 Å². The SMILES string of the molecule is Cc1ccc(-n2nc(CC(N)=O)nc2C2(C)CCCO2)c(C)c1.